The Morgan fingerprint density at radius 3 is 2.35 bits per heavy atom. The Morgan fingerprint density at radius 1 is 1.35 bits per heavy atom. The molecule has 4 N–H and O–H groups in total. The van der Waals surface area contributed by atoms with E-state index in [0.717, 1.165) is 19.1 Å². The molecule has 0 aromatic heterocycles. The number of aldehydes is 1. The second kappa shape index (κ2) is 8.20. The highest BCUT2D eigenvalue weighted by atomic mass is 16.4. The molecule has 17 heavy (non-hydrogen) atoms. The van der Waals surface area contributed by atoms with Crippen molar-refractivity contribution < 1.29 is 14.7 Å². The summed E-state index contributed by atoms with van der Waals surface area (Å²) >= 11 is 0. The molecule has 0 fully saturated rings. The van der Waals surface area contributed by atoms with E-state index in [-0.39, 0.29) is 18.0 Å². The quantitative estimate of drug-likeness (QED) is 0.521. The highest BCUT2D eigenvalue weighted by Crippen LogP contribution is 2.06. The van der Waals surface area contributed by atoms with E-state index in [4.69, 9.17) is 10.8 Å². The molecule has 0 bridgehead atoms. The van der Waals surface area contributed by atoms with Crippen LogP contribution in [0, 0.1) is 5.92 Å². The summed E-state index contributed by atoms with van der Waals surface area (Å²) < 4.78 is 0. The summed E-state index contributed by atoms with van der Waals surface area (Å²) in [5, 5.41) is 11.8. The van der Waals surface area contributed by atoms with Crippen LogP contribution < -0.4 is 11.1 Å². The van der Waals surface area contributed by atoms with Gasteiger partial charge < -0.3 is 21.0 Å². The maximum atomic E-state index is 10.8. The van der Waals surface area contributed by atoms with Gasteiger partial charge in [0.2, 0.25) is 0 Å². The van der Waals surface area contributed by atoms with Crippen LogP contribution in [0.1, 0.15) is 40.0 Å². The minimum atomic E-state index is -0.960. The molecule has 0 saturated heterocycles. The van der Waals surface area contributed by atoms with Gasteiger partial charge in [-0.25, -0.2) is 0 Å². The summed E-state index contributed by atoms with van der Waals surface area (Å²) in [5.74, 6) is -0.699. The average molecular weight is 244 g/mol. The first-order valence-corrected chi connectivity index (χ1v) is 6.08. The third kappa shape index (κ3) is 7.07. The van der Waals surface area contributed by atoms with Crippen molar-refractivity contribution in [2.24, 2.45) is 11.7 Å². The van der Waals surface area contributed by atoms with Crippen LogP contribution in [-0.2, 0) is 9.59 Å². The Morgan fingerprint density at radius 2 is 1.94 bits per heavy atom. The summed E-state index contributed by atoms with van der Waals surface area (Å²) in [6.07, 6.45) is 2.95. The molecule has 0 radical (unpaired) electrons. The molecule has 0 amide bonds. The molecule has 0 rings (SSSR count). The fourth-order valence-electron chi connectivity index (χ4n) is 1.57. The Hall–Kier alpha value is -0.940. The number of hydrogen-bond donors (Lipinski definition) is 3. The summed E-state index contributed by atoms with van der Waals surface area (Å²) in [5.41, 5.74) is 5.40. The van der Waals surface area contributed by atoms with Crippen molar-refractivity contribution in [2.75, 3.05) is 0 Å². The number of aliphatic carboxylic acids is 1. The zero-order chi connectivity index (χ0) is 13.4. The van der Waals surface area contributed by atoms with Gasteiger partial charge >= 0.3 is 5.97 Å². The molecular formula is C12H24N2O3. The van der Waals surface area contributed by atoms with Gasteiger partial charge in [-0.3, -0.25) is 4.79 Å². The Labute approximate surface area is 103 Å². The van der Waals surface area contributed by atoms with Crippen LogP contribution in [0.25, 0.3) is 0 Å². The number of nitrogens with one attached hydrogen (secondary N) is 1. The third-order valence-electron chi connectivity index (χ3n) is 2.81. The van der Waals surface area contributed by atoms with Crippen molar-refractivity contribution in [2.45, 2.75) is 58.2 Å². The summed E-state index contributed by atoms with van der Waals surface area (Å²) in [6.45, 7) is 5.96. The average Bonchev–Trinajstić information content (AvgIpc) is 2.25. The molecular weight excluding hydrogens is 220 g/mol. The molecule has 100 valence electrons. The molecule has 0 saturated carbocycles. The molecule has 0 aliphatic carbocycles. The normalized spacial score (nSPS) is 16.5. The van der Waals surface area contributed by atoms with E-state index in [0.29, 0.717) is 6.42 Å². The van der Waals surface area contributed by atoms with Crippen LogP contribution in [0.4, 0.5) is 0 Å². The van der Waals surface area contributed by atoms with Crippen LogP contribution in [0.2, 0.25) is 0 Å². The second-order valence-electron chi connectivity index (χ2n) is 4.85. The first-order valence-electron chi connectivity index (χ1n) is 6.08. The lowest BCUT2D eigenvalue weighted by Crippen LogP contribution is -2.41. The number of carbonyl (C=O) groups is 2. The first-order chi connectivity index (χ1) is 7.88. The summed E-state index contributed by atoms with van der Waals surface area (Å²) in [6, 6.07) is -0.735. The van der Waals surface area contributed by atoms with Crippen molar-refractivity contribution >= 4 is 12.3 Å². The molecule has 0 heterocycles. The number of nitrogens with two attached hydrogens (primary N) is 1. The topological polar surface area (TPSA) is 92.4 Å². The predicted molar refractivity (Wildman–Crippen MR) is 66.7 cm³/mol. The Kier molecular flexibility index (Phi) is 7.74. The standard InChI is InChI=1S/C12H24N2O3/c1-8(2)11(7-15)14-9(3)5-4-6-10(13)12(16)17/h7-11,14H,4-6,13H2,1-3H3,(H,16,17). The maximum absolute atomic E-state index is 10.8. The molecule has 5 nitrogen and oxygen atoms in total. The van der Waals surface area contributed by atoms with Gasteiger partial charge in [0.15, 0.2) is 0 Å². The van der Waals surface area contributed by atoms with E-state index >= 15 is 0 Å². The van der Waals surface area contributed by atoms with Crippen molar-refractivity contribution in [1.82, 2.24) is 5.32 Å². The number of carbonyl (C=O) groups excluding carboxylic acids is 1. The molecule has 5 heteroatoms. The van der Waals surface area contributed by atoms with Crippen LogP contribution >= 0.6 is 0 Å². The van der Waals surface area contributed by atoms with Gasteiger partial charge in [0.05, 0.1) is 6.04 Å². The van der Waals surface area contributed by atoms with Crippen molar-refractivity contribution in [1.29, 1.82) is 0 Å². The largest absolute Gasteiger partial charge is 0.480 e. The van der Waals surface area contributed by atoms with Gasteiger partial charge in [0, 0.05) is 6.04 Å². The lowest BCUT2D eigenvalue weighted by Gasteiger charge is -2.21. The smallest absolute Gasteiger partial charge is 0.320 e. The van der Waals surface area contributed by atoms with Gasteiger partial charge in [0.25, 0.3) is 0 Å². The number of carboxylic acids is 1. The fraction of sp³-hybridized carbons (Fsp3) is 0.833. The monoisotopic (exact) mass is 244 g/mol. The molecule has 0 aliphatic rings. The maximum Gasteiger partial charge on any atom is 0.320 e. The minimum Gasteiger partial charge on any atom is -0.480 e. The molecule has 3 atom stereocenters. The van der Waals surface area contributed by atoms with E-state index in [1.54, 1.807) is 0 Å². The van der Waals surface area contributed by atoms with Crippen molar-refractivity contribution in [3.05, 3.63) is 0 Å². The third-order valence-corrected chi connectivity index (χ3v) is 2.81. The van der Waals surface area contributed by atoms with Crippen molar-refractivity contribution in [3.8, 4) is 0 Å². The highest BCUT2D eigenvalue weighted by Gasteiger charge is 2.16. The number of hydrogen-bond acceptors (Lipinski definition) is 4. The Balaban J connectivity index is 3.83. The Bertz CT molecular complexity index is 244. The van der Waals surface area contributed by atoms with Crippen LogP contribution in [-0.4, -0.2) is 35.5 Å². The van der Waals surface area contributed by atoms with Crippen LogP contribution in [0.15, 0.2) is 0 Å². The van der Waals surface area contributed by atoms with E-state index < -0.39 is 12.0 Å². The molecule has 0 aromatic rings. The van der Waals surface area contributed by atoms with Gasteiger partial charge in [-0.2, -0.15) is 0 Å². The molecule has 0 aliphatic heterocycles. The van der Waals surface area contributed by atoms with Crippen LogP contribution in [0.5, 0.6) is 0 Å². The van der Waals surface area contributed by atoms with E-state index in [9.17, 15) is 9.59 Å². The predicted octanol–water partition coefficient (Wildman–Crippen LogP) is 0.770. The molecule has 3 unspecified atom stereocenters. The fourth-order valence-corrected chi connectivity index (χ4v) is 1.57. The van der Waals surface area contributed by atoms with Crippen LogP contribution in [0.3, 0.4) is 0 Å². The molecule has 0 spiro atoms. The lowest BCUT2D eigenvalue weighted by atomic mass is 10.0. The minimum absolute atomic E-state index is 0.141. The number of carboxylic acid groups (broad SMARTS) is 1. The second-order valence-corrected chi connectivity index (χ2v) is 4.85. The van der Waals surface area contributed by atoms with Gasteiger partial charge in [-0.1, -0.05) is 13.8 Å². The SMILES string of the molecule is CC(CCCC(N)C(=O)O)NC(C=O)C(C)C. The summed E-state index contributed by atoms with van der Waals surface area (Å²) in [4.78, 5) is 21.3. The lowest BCUT2D eigenvalue weighted by molar-refractivity contribution is -0.138. The van der Waals surface area contributed by atoms with Gasteiger partial charge in [-0.05, 0) is 32.1 Å². The highest BCUT2D eigenvalue weighted by molar-refractivity contribution is 5.72. The van der Waals surface area contributed by atoms with Gasteiger partial charge in [0.1, 0.15) is 12.3 Å². The van der Waals surface area contributed by atoms with Gasteiger partial charge in [-0.15, -0.1) is 0 Å². The van der Waals surface area contributed by atoms with E-state index in [1.807, 2.05) is 20.8 Å². The van der Waals surface area contributed by atoms with E-state index in [2.05, 4.69) is 5.32 Å². The van der Waals surface area contributed by atoms with E-state index in [1.165, 1.54) is 0 Å². The first kappa shape index (κ1) is 16.1. The number of rotatable bonds is 9. The zero-order valence-electron chi connectivity index (χ0n) is 10.8. The summed E-state index contributed by atoms with van der Waals surface area (Å²) in [7, 11) is 0. The molecule has 0 aromatic carbocycles. The zero-order valence-corrected chi connectivity index (χ0v) is 10.8. The van der Waals surface area contributed by atoms with Crippen molar-refractivity contribution in [3.63, 3.8) is 0 Å².